The van der Waals surface area contributed by atoms with Gasteiger partial charge in [-0.25, -0.2) is 13.7 Å². The quantitative estimate of drug-likeness (QED) is 0.497. The van der Waals surface area contributed by atoms with E-state index >= 15 is 0 Å². The van der Waals surface area contributed by atoms with Crippen LogP contribution in [-0.4, -0.2) is 35.0 Å². The third-order valence-electron chi connectivity index (χ3n) is 4.35. The Labute approximate surface area is 171 Å². The van der Waals surface area contributed by atoms with Crippen LogP contribution in [-0.2, 0) is 33.1 Å². The number of hydrogen-bond donors (Lipinski definition) is 2. The van der Waals surface area contributed by atoms with Crippen molar-refractivity contribution >= 4 is 28.2 Å². The van der Waals surface area contributed by atoms with Gasteiger partial charge < -0.3 is 14.3 Å². The van der Waals surface area contributed by atoms with Crippen LogP contribution in [0.1, 0.15) is 16.9 Å². The molecule has 3 rings (SSSR count). The van der Waals surface area contributed by atoms with Gasteiger partial charge in [-0.2, -0.15) is 0 Å². The second-order valence-electron chi connectivity index (χ2n) is 6.39. The summed E-state index contributed by atoms with van der Waals surface area (Å²) in [5.74, 6) is 0.0495. The SMILES string of the molecule is Cc1oc2c(OCC(=O)O)cccc2c1CCNS(=O)OCCc1ccccc1. The second-order valence-corrected chi connectivity index (χ2v) is 7.38. The number of aliphatic carboxylic acids is 1. The lowest BCUT2D eigenvalue weighted by Gasteiger charge is -2.06. The summed E-state index contributed by atoms with van der Waals surface area (Å²) in [6.07, 6.45) is 1.27. The zero-order valence-corrected chi connectivity index (χ0v) is 16.9. The lowest BCUT2D eigenvalue weighted by atomic mass is 10.1. The van der Waals surface area contributed by atoms with Gasteiger partial charge in [-0.05, 0) is 31.4 Å². The van der Waals surface area contributed by atoms with E-state index in [9.17, 15) is 9.00 Å². The fourth-order valence-electron chi connectivity index (χ4n) is 3.01. The number of para-hydroxylation sites is 1. The number of hydrogen-bond acceptors (Lipinski definition) is 5. The highest BCUT2D eigenvalue weighted by Crippen LogP contribution is 2.32. The van der Waals surface area contributed by atoms with Crippen LogP contribution in [0.5, 0.6) is 5.75 Å². The molecule has 0 aliphatic carbocycles. The van der Waals surface area contributed by atoms with E-state index in [0.717, 1.165) is 16.5 Å². The average molecular weight is 417 g/mol. The maximum absolute atomic E-state index is 12.0. The summed E-state index contributed by atoms with van der Waals surface area (Å²) in [5, 5.41) is 9.65. The number of aryl methyl sites for hydroxylation is 1. The van der Waals surface area contributed by atoms with Crippen LogP contribution in [0.4, 0.5) is 0 Å². The van der Waals surface area contributed by atoms with Gasteiger partial charge in [0.1, 0.15) is 5.76 Å². The first-order chi connectivity index (χ1) is 14.0. The van der Waals surface area contributed by atoms with Crippen molar-refractivity contribution < 1.29 is 27.4 Å². The molecule has 2 N–H and O–H groups in total. The molecule has 154 valence electrons. The fourth-order valence-corrected chi connectivity index (χ4v) is 3.59. The number of fused-ring (bicyclic) bond motifs is 1. The van der Waals surface area contributed by atoms with Gasteiger partial charge in [-0.3, -0.25) is 4.18 Å². The first-order valence-corrected chi connectivity index (χ1v) is 10.3. The molecule has 1 heterocycles. The van der Waals surface area contributed by atoms with E-state index in [1.807, 2.05) is 43.3 Å². The van der Waals surface area contributed by atoms with Crippen molar-refractivity contribution in [2.24, 2.45) is 0 Å². The molecule has 3 aromatic rings. The van der Waals surface area contributed by atoms with Gasteiger partial charge >= 0.3 is 5.97 Å². The highest BCUT2D eigenvalue weighted by Gasteiger charge is 2.15. The van der Waals surface area contributed by atoms with Crippen molar-refractivity contribution in [2.75, 3.05) is 19.8 Å². The summed E-state index contributed by atoms with van der Waals surface area (Å²) in [5.41, 5.74) is 2.60. The zero-order valence-electron chi connectivity index (χ0n) is 16.1. The van der Waals surface area contributed by atoms with E-state index in [1.54, 1.807) is 12.1 Å². The summed E-state index contributed by atoms with van der Waals surface area (Å²) < 4.78 is 31.2. The average Bonchev–Trinajstić information content (AvgIpc) is 3.03. The van der Waals surface area contributed by atoms with Crippen LogP contribution in [0.25, 0.3) is 11.0 Å². The van der Waals surface area contributed by atoms with E-state index < -0.39 is 23.8 Å². The molecule has 0 bridgehead atoms. The Morgan fingerprint density at radius 1 is 1.14 bits per heavy atom. The van der Waals surface area contributed by atoms with Crippen molar-refractivity contribution in [3.8, 4) is 5.75 Å². The maximum atomic E-state index is 12.0. The molecular formula is C21H23NO6S. The normalized spacial score (nSPS) is 12.2. The number of rotatable bonds is 11. The van der Waals surface area contributed by atoms with Gasteiger partial charge in [0.2, 0.25) is 11.3 Å². The Hall–Kier alpha value is -2.68. The molecule has 8 heteroatoms. The molecule has 0 radical (unpaired) electrons. The van der Waals surface area contributed by atoms with E-state index in [-0.39, 0.29) is 0 Å². The molecule has 0 amide bonds. The molecule has 1 aromatic heterocycles. The molecule has 0 saturated heterocycles. The van der Waals surface area contributed by atoms with Gasteiger partial charge in [-0.1, -0.05) is 42.5 Å². The number of furan rings is 1. The van der Waals surface area contributed by atoms with Gasteiger partial charge in [0, 0.05) is 17.5 Å². The number of benzene rings is 2. The highest BCUT2D eigenvalue weighted by molar-refractivity contribution is 7.78. The smallest absolute Gasteiger partial charge is 0.341 e. The summed E-state index contributed by atoms with van der Waals surface area (Å²) in [6, 6.07) is 15.2. The molecule has 1 atom stereocenters. The topological polar surface area (TPSA) is 98.0 Å². The molecular weight excluding hydrogens is 394 g/mol. The minimum atomic E-state index is -1.58. The van der Waals surface area contributed by atoms with Crippen LogP contribution in [0.15, 0.2) is 52.9 Å². The van der Waals surface area contributed by atoms with Crippen molar-refractivity contribution in [3.63, 3.8) is 0 Å². The Kier molecular flexibility index (Phi) is 7.40. The Morgan fingerprint density at radius 3 is 2.69 bits per heavy atom. The molecule has 0 saturated carbocycles. The minimum absolute atomic E-state index is 0.363. The predicted molar refractivity (Wildman–Crippen MR) is 110 cm³/mol. The summed E-state index contributed by atoms with van der Waals surface area (Å²) >= 11 is -1.58. The van der Waals surface area contributed by atoms with Crippen LogP contribution in [0.3, 0.4) is 0 Å². The van der Waals surface area contributed by atoms with E-state index in [0.29, 0.717) is 43.1 Å². The molecule has 1 unspecified atom stereocenters. The predicted octanol–water partition coefficient (Wildman–Crippen LogP) is 3.17. The third kappa shape index (κ3) is 5.90. The lowest BCUT2D eigenvalue weighted by Crippen LogP contribution is -2.22. The lowest BCUT2D eigenvalue weighted by molar-refractivity contribution is -0.139. The number of ether oxygens (including phenoxy) is 1. The minimum Gasteiger partial charge on any atom is -0.479 e. The zero-order chi connectivity index (χ0) is 20.6. The number of nitrogens with one attached hydrogen (secondary N) is 1. The molecule has 0 aliphatic heterocycles. The van der Waals surface area contributed by atoms with Crippen LogP contribution >= 0.6 is 0 Å². The van der Waals surface area contributed by atoms with Gasteiger partial charge in [0.15, 0.2) is 17.9 Å². The van der Waals surface area contributed by atoms with E-state index in [2.05, 4.69) is 4.72 Å². The molecule has 2 aromatic carbocycles. The number of carbonyl (C=O) groups is 1. The van der Waals surface area contributed by atoms with Gasteiger partial charge in [0.25, 0.3) is 0 Å². The second kappa shape index (κ2) is 10.2. The largest absolute Gasteiger partial charge is 0.479 e. The van der Waals surface area contributed by atoms with Crippen LogP contribution < -0.4 is 9.46 Å². The van der Waals surface area contributed by atoms with Crippen molar-refractivity contribution in [3.05, 3.63) is 65.4 Å². The number of carboxylic acid groups (broad SMARTS) is 1. The van der Waals surface area contributed by atoms with E-state index in [1.165, 1.54) is 0 Å². The Bertz CT molecular complexity index is 986. The highest BCUT2D eigenvalue weighted by atomic mass is 32.2. The van der Waals surface area contributed by atoms with Crippen molar-refractivity contribution in [1.29, 1.82) is 0 Å². The van der Waals surface area contributed by atoms with Gasteiger partial charge in [0.05, 0.1) is 6.61 Å². The van der Waals surface area contributed by atoms with Gasteiger partial charge in [-0.15, -0.1) is 0 Å². The van der Waals surface area contributed by atoms with Crippen LogP contribution in [0.2, 0.25) is 0 Å². The molecule has 7 nitrogen and oxygen atoms in total. The third-order valence-corrected chi connectivity index (χ3v) is 5.17. The Balaban J connectivity index is 1.52. The van der Waals surface area contributed by atoms with Crippen LogP contribution in [0, 0.1) is 6.92 Å². The summed E-state index contributed by atoms with van der Waals surface area (Å²) in [7, 11) is 0. The first kappa shape index (κ1) is 21.0. The maximum Gasteiger partial charge on any atom is 0.341 e. The molecule has 29 heavy (non-hydrogen) atoms. The molecule has 0 spiro atoms. The standard InChI is InChI=1S/C21H23NO6S/c1-15-17(18-8-5-9-19(21(18)28-15)26-14-20(23)24)10-12-22-29(25)27-13-11-16-6-3-2-4-7-16/h2-9,22H,10-14H2,1H3,(H,23,24). The summed E-state index contributed by atoms with van der Waals surface area (Å²) in [4.78, 5) is 10.7. The van der Waals surface area contributed by atoms with Crippen molar-refractivity contribution in [2.45, 2.75) is 19.8 Å². The summed E-state index contributed by atoms with van der Waals surface area (Å²) in [6.45, 7) is 2.20. The first-order valence-electron chi connectivity index (χ1n) is 9.22. The van der Waals surface area contributed by atoms with E-state index in [4.69, 9.17) is 18.4 Å². The molecule has 0 fully saturated rings. The fraction of sp³-hybridized carbons (Fsp3) is 0.286. The van der Waals surface area contributed by atoms with Crippen molar-refractivity contribution in [1.82, 2.24) is 4.72 Å². The Morgan fingerprint density at radius 2 is 1.93 bits per heavy atom. The monoisotopic (exact) mass is 417 g/mol. The molecule has 0 aliphatic rings. The number of carboxylic acids is 1.